The first-order valence-corrected chi connectivity index (χ1v) is 8.12. The van der Waals surface area contributed by atoms with E-state index in [-0.39, 0.29) is 11.6 Å². The molecular weight excluding hydrogens is 316 g/mol. The molecule has 2 N–H and O–H groups in total. The molecule has 1 atom stereocenters. The number of aromatic amines is 1. The zero-order valence-electron chi connectivity index (χ0n) is 14.6. The van der Waals surface area contributed by atoms with Crippen molar-refractivity contribution >= 4 is 16.9 Å². The van der Waals surface area contributed by atoms with Crippen LogP contribution in [0.25, 0.3) is 10.9 Å². The van der Waals surface area contributed by atoms with Crippen LogP contribution in [0.5, 0.6) is 5.75 Å². The van der Waals surface area contributed by atoms with Crippen molar-refractivity contribution in [2.24, 2.45) is 0 Å². The lowest BCUT2D eigenvalue weighted by Crippen LogP contribution is -2.28. The van der Waals surface area contributed by atoms with Gasteiger partial charge in [0.2, 0.25) is 5.95 Å². The Hall–Kier alpha value is -2.86. The van der Waals surface area contributed by atoms with Gasteiger partial charge in [-0.15, -0.1) is 0 Å². The number of ether oxygens (including phenoxy) is 1. The van der Waals surface area contributed by atoms with Gasteiger partial charge in [-0.2, -0.15) is 0 Å². The SMILES string of the molecule is COc1cccc([C@@H](CNc2nc3ccccc3c(=O)[nH]2)N(C)C)c1. The maximum atomic E-state index is 12.2. The van der Waals surface area contributed by atoms with Crippen molar-refractivity contribution < 1.29 is 4.74 Å². The van der Waals surface area contributed by atoms with Gasteiger partial charge in [-0.1, -0.05) is 24.3 Å². The van der Waals surface area contributed by atoms with E-state index in [0.717, 1.165) is 11.3 Å². The predicted molar refractivity (Wildman–Crippen MR) is 100 cm³/mol. The van der Waals surface area contributed by atoms with Gasteiger partial charge in [-0.3, -0.25) is 9.78 Å². The van der Waals surface area contributed by atoms with Crippen molar-refractivity contribution in [3.63, 3.8) is 0 Å². The Morgan fingerprint density at radius 1 is 1.20 bits per heavy atom. The number of para-hydroxylation sites is 1. The molecule has 3 rings (SSSR count). The van der Waals surface area contributed by atoms with E-state index >= 15 is 0 Å². The third kappa shape index (κ3) is 3.80. The van der Waals surface area contributed by atoms with Crippen LogP contribution in [-0.4, -0.2) is 42.6 Å². The topological polar surface area (TPSA) is 70.2 Å². The Morgan fingerprint density at radius 3 is 2.76 bits per heavy atom. The molecule has 0 radical (unpaired) electrons. The van der Waals surface area contributed by atoms with E-state index in [1.165, 1.54) is 0 Å². The Morgan fingerprint density at radius 2 is 2.00 bits per heavy atom. The number of likely N-dealkylation sites (N-methyl/N-ethyl adjacent to an activating group) is 1. The summed E-state index contributed by atoms with van der Waals surface area (Å²) in [5, 5.41) is 3.83. The van der Waals surface area contributed by atoms with E-state index in [4.69, 9.17) is 4.74 Å². The number of fused-ring (bicyclic) bond motifs is 1. The summed E-state index contributed by atoms with van der Waals surface area (Å²) in [5.74, 6) is 1.29. The maximum absolute atomic E-state index is 12.2. The molecule has 130 valence electrons. The molecule has 1 aromatic heterocycles. The van der Waals surface area contributed by atoms with Crippen LogP contribution in [0.2, 0.25) is 0 Å². The highest BCUT2D eigenvalue weighted by Gasteiger charge is 2.15. The monoisotopic (exact) mass is 338 g/mol. The van der Waals surface area contributed by atoms with Crippen LogP contribution < -0.4 is 15.6 Å². The third-order valence-electron chi connectivity index (χ3n) is 4.18. The number of anilines is 1. The summed E-state index contributed by atoms with van der Waals surface area (Å²) in [6.45, 7) is 0.599. The fourth-order valence-corrected chi connectivity index (χ4v) is 2.81. The summed E-state index contributed by atoms with van der Waals surface area (Å²) in [6, 6.07) is 15.4. The second kappa shape index (κ2) is 7.36. The van der Waals surface area contributed by atoms with E-state index in [0.29, 0.717) is 23.4 Å². The molecular formula is C19H22N4O2. The number of nitrogens with one attached hydrogen (secondary N) is 2. The molecule has 0 amide bonds. The third-order valence-corrected chi connectivity index (χ3v) is 4.18. The van der Waals surface area contributed by atoms with Crippen LogP contribution in [0.4, 0.5) is 5.95 Å². The average Bonchev–Trinajstić information content (AvgIpc) is 2.62. The largest absolute Gasteiger partial charge is 0.497 e. The van der Waals surface area contributed by atoms with Crippen LogP contribution in [0.15, 0.2) is 53.3 Å². The van der Waals surface area contributed by atoms with Crippen molar-refractivity contribution in [2.45, 2.75) is 6.04 Å². The van der Waals surface area contributed by atoms with E-state index in [1.54, 1.807) is 13.2 Å². The molecule has 25 heavy (non-hydrogen) atoms. The number of H-pyrrole nitrogens is 1. The van der Waals surface area contributed by atoms with Gasteiger partial charge >= 0.3 is 0 Å². The minimum absolute atomic E-state index is 0.104. The second-order valence-electron chi connectivity index (χ2n) is 6.07. The molecule has 0 spiro atoms. The molecule has 1 heterocycles. The fraction of sp³-hybridized carbons (Fsp3) is 0.263. The molecule has 0 bridgehead atoms. The number of hydrogen-bond donors (Lipinski definition) is 2. The summed E-state index contributed by atoms with van der Waals surface area (Å²) in [5.41, 5.74) is 1.66. The van der Waals surface area contributed by atoms with E-state index in [1.807, 2.05) is 50.5 Å². The van der Waals surface area contributed by atoms with E-state index in [2.05, 4.69) is 26.3 Å². The first-order chi connectivity index (χ1) is 12.1. The lowest BCUT2D eigenvalue weighted by atomic mass is 10.1. The molecule has 0 aliphatic rings. The van der Waals surface area contributed by atoms with Gasteiger partial charge in [0.1, 0.15) is 5.75 Å². The van der Waals surface area contributed by atoms with Crippen LogP contribution in [-0.2, 0) is 0 Å². The van der Waals surface area contributed by atoms with Crippen molar-refractivity contribution in [1.29, 1.82) is 0 Å². The highest BCUT2D eigenvalue weighted by atomic mass is 16.5. The van der Waals surface area contributed by atoms with Crippen molar-refractivity contribution in [2.75, 3.05) is 33.1 Å². The van der Waals surface area contributed by atoms with Gasteiger partial charge in [-0.25, -0.2) is 4.98 Å². The molecule has 2 aromatic carbocycles. The number of methoxy groups -OCH3 is 1. The number of rotatable bonds is 6. The highest BCUT2D eigenvalue weighted by molar-refractivity contribution is 5.78. The standard InChI is InChI=1S/C19H22N4O2/c1-23(2)17(13-7-6-8-14(11-13)25-3)12-20-19-21-16-10-5-4-9-15(16)18(24)22-19/h4-11,17H,12H2,1-3H3,(H2,20,21,22,24)/t17-/m1/s1. The second-order valence-corrected chi connectivity index (χ2v) is 6.07. The van der Waals surface area contributed by atoms with E-state index < -0.39 is 0 Å². The summed E-state index contributed by atoms with van der Waals surface area (Å²) < 4.78 is 5.31. The van der Waals surface area contributed by atoms with Crippen LogP contribution in [0, 0.1) is 0 Å². The molecule has 0 saturated heterocycles. The molecule has 0 aliphatic carbocycles. The van der Waals surface area contributed by atoms with Crippen molar-refractivity contribution in [1.82, 2.24) is 14.9 Å². The zero-order chi connectivity index (χ0) is 17.8. The number of nitrogens with zero attached hydrogens (tertiary/aromatic N) is 2. The number of benzene rings is 2. The molecule has 0 saturated carbocycles. The zero-order valence-corrected chi connectivity index (χ0v) is 14.6. The number of hydrogen-bond acceptors (Lipinski definition) is 5. The first kappa shape index (κ1) is 17.0. The Kier molecular flexibility index (Phi) is 5.00. The normalized spacial score (nSPS) is 12.3. The van der Waals surface area contributed by atoms with Gasteiger partial charge in [0.15, 0.2) is 0 Å². The molecule has 6 nitrogen and oxygen atoms in total. The fourth-order valence-electron chi connectivity index (χ4n) is 2.81. The number of aromatic nitrogens is 2. The summed E-state index contributed by atoms with van der Waals surface area (Å²) in [7, 11) is 5.69. The maximum Gasteiger partial charge on any atom is 0.260 e. The van der Waals surface area contributed by atoms with Gasteiger partial charge in [0, 0.05) is 6.54 Å². The smallest absolute Gasteiger partial charge is 0.260 e. The average molecular weight is 338 g/mol. The predicted octanol–water partition coefficient (Wildman–Crippen LogP) is 2.65. The van der Waals surface area contributed by atoms with Crippen LogP contribution in [0.1, 0.15) is 11.6 Å². The van der Waals surface area contributed by atoms with Crippen molar-refractivity contribution in [3.05, 3.63) is 64.4 Å². The Labute approximate surface area is 146 Å². The summed E-state index contributed by atoms with van der Waals surface area (Å²) in [4.78, 5) is 21.6. The van der Waals surface area contributed by atoms with Gasteiger partial charge in [0.05, 0.1) is 24.1 Å². The van der Waals surface area contributed by atoms with Gasteiger partial charge < -0.3 is 15.0 Å². The van der Waals surface area contributed by atoms with Crippen LogP contribution in [0.3, 0.4) is 0 Å². The summed E-state index contributed by atoms with van der Waals surface area (Å²) >= 11 is 0. The van der Waals surface area contributed by atoms with Gasteiger partial charge in [0.25, 0.3) is 5.56 Å². The van der Waals surface area contributed by atoms with Crippen molar-refractivity contribution in [3.8, 4) is 5.75 Å². The minimum atomic E-state index is -0.143. The Balaban J connectivity index is 1.83. The van der Waals surface area contributed by atoms with Crippen LogP contribution >= 0.6 is 0 Å². The van der Waals surface area contributed by atoms with Gasteiger partial charge in [-0.05, 0) is 43.9 Å². The minimum Gasteiger partial charge on any atom is -0.497 e. The summed E-state index contributed by atoms with van der Waals surface area (Å²) in [6.07, 6.45) is 0. The quantitative estimate of drug-likeness (QED) is 0.723. The molecule has 3 aromatic rings. The molecule has 0 unspecified atom stereocenters. The lowest BCUT2D eigenvalue weighted by Gasteiger charge is -2.25. The first-order valence-electron chi connectivity index (χ1n) is 8.12. The molecule has 6 heteroatoms. The lowest BCUT2D eigenvalue weighted by molar-refractivity contribution is 0.310. The Bertz CT molecular complexity index is 920. The highest BCUT2D eigenvalue weighted by Crippen LogP contribution is 2.23. The van der Waals surface area contributed by atoms with E-state index in [9.17, 15) is 4.79 Å². The molecule has 0 aliphatic heterocycles. The molecule has 0 fully saturated rings.